The molecule has 0 spiro atoms. The van der Waals surface area contributed by atoms with Crippen molar-refractivity contribution < 1.29 is 4.74 Å². The lowest BCUT2D eigenvalue weighted by molar-refractivity contribution is -0.0914. The van der Waals surface area contributed by atoms with E-state index in [0.717, 1.165) is 12.3 Å². The van der Waals surface area contributed by atoms with Crippen LogP contribution in [0.15, 0.2) is 0 Å². The van der Waals surface area contributed by atoms with E-state index in [4.69, 9.17) is 4.74 Å². The molecule has 0 aliphatic carbocycles. The van der Waals surface area contributed by atoms with Crippen molar-refractivity contribution >= 4 is 15.9 Å². The summed E-state index contributed by atoms with van der Waals surface area (Å²) in [4.78, 5) is 0. The fraction of sp³-hybridized carbons (Fsp3) is 1.00. The van der Waals surface area contributed by atoms with Gasteiger partial charge in [-0.15, -0.1) is 0 Å². The van der Waals surface area contributed by atoms with Crippen molar-refractivity contribution in [2.75, 3.05) is 0 Å². The fourth-order valence-electron chi connectivity index (χ4n) is 1.94. The molecule has 1 heterocycles. The van der Waals surface area contributed by atoms with Crippen LogP contribution < -0.4 is 0 Å². The highest BCUT2D eigenvalue weighted by atomic mass is 79.9. The summed E-state index contributed by atoms with van der Waals surface area (Å²) >= 11 is 3.58. The maximum Gasteiger partial charge on any atom is 0.115 e. The second-order valence-corrected chi connectivity index (χ2v) is 4.91. The van der Waals surface area contributed by atoms with Crippen molar-refractivity contribution in [1.29, 1.82) is 0 Å². The van der Waals surface area contributed by atoms with Gasteiger partial charge in [0.1, 0.15) is 5.01 Å². The first kappa shape index (κ1) is 10.5. The van der Waals surface area contributed by atoms with Crippen molar-refractivity contribution in [3.8, 4) is 0 Å². The van der Waals surface area contributed by atoms with E-state index in [1.54, 1.807) is 0 Å². The predicted octanol–water partition coefficient (Wildman–Crippen LogP) is 3.42. The monoisotopic (exact) mass is 234 g/mol. The molecule has 0 aromatic rings. The highest BCUT2D eigenvalue weighted by Gasteiger charge is 2.36. The van der Waals surface area contributed by atoms with E-state index >= 15 is 0 Å². The van der Waals surface area contributed by atoms with E-state index in [0.29, 0.717) is 17.9 Å². The SMILES string of the molecule is CCC1O[C@H](Br)C(C)C(C)C1C. The average Bonchev–Trinajstić information content (AvgIpc) is 2.08. The van der Waals surface area contributed by atoms with Crippen LogP contribution in [-0.2, 0) is 4.74 Å². The molecule has 5 atom stereocenters. The molecular formula is C10H19BrO. The molecule has 1 fully saturated rings. The normalized spacial score (nSPS) is 49.2. The van der Waals surface area contributed by atoms with Crippen LogP contribution in [0.4, 0.5) is 0 Å². The summed E-state index contributed by atoms with van der Waals surface area (Å²) in [7, 11) is 0. The molecular weight excluding hydrogens is 216 g/mol. The Labute approximate surface area is 84.0 Å². The second kappa shape index (κ2) is 4.10. The zero-order chi connectivity index (χ0) is 9.30. The average molecular weight is 235 g/mol. The summed E-state index contributed by atoms with van der Waals surface area (Å²) < 4.78 is 5.85. The first-order valence-electron chi connectivity index (χ1n) is 4.87. The number of rotatable bonds is 1. The molecule has 72 valence electrons. The van der Waals surface area contributed by atoms with Gasteiger partial charge in [0.25, 0.3) is 0 Å². The van der Waals surface area contributed by atoms with E-state index < -0.39 is 0 Å². The molecule has 1 rings (SSSR count). The number of alkyl halides is 1. The Kier molecular flexibility index (Phi) is 3.59. The van der Waals surface area contributed by atoms with Gasteiger partial charge >= 0.3 is 0 Å². The van der Waals surface area contributed by atoms with Gasteiger partial charge in [0.05, 0.1) is 6.10 Å². The van der Waals surface area contributed by atoms with E-state index in [-0.39, 0.29) is 5.01 Å². The zero-order valence-electron chi connectivity index (χ0n) is 8.38. The highest BCUT2D eigenvalue weighted by Crippen LogP contribution is 2.38. The molecule has 0 N–H and O–H groups in total. The second-order valence-electron chi connectivity index (χ2n) is 4.01. The van der Waals surface area contributed by atoms with Gasteiger partial charge in [0.15, 0.2) is 0 Å². The molecule has 0 aromatic heterocycles. The molecule has 0 radical (unpaired) electrons. The lowest BCUT2D eigenvalue weighted by Crippen LogP contribution is -2.41. The Hall–Kier alpha value is 0.440. The number of ether oxygens (including phenoxy) is 1. The molecule has 0 amide bonds. The summed E-state index contributed by atoms with van der Waals surface area (Å²) in [5.41, 5.74) is 0. The van der Waals surface area contributed by atoms with E-state index in [2.05, 4.69) is 43.6 Å². The lowest BCUT2D eigenvalue weighted by Gasteiger charge is -2.41. The van der Waals surface area contributed by atoms with Crippen LogP contribution in [0.1, 0.15) is 34.1 Å². The molecule has 12 heavy (non-hydrogen) atoms. The third-order valence-electron chi connectivity index (χ3n) is 3.37. The Balaban J connectivity index is 2.63. The molecule has 1 nitrogen and oxygen atoms in total. The minimum atomic E-state index is 0.258. The summed E-state index contributed by atoms with van der Waals surface area (Å²) in [6.07, 6.45) is 1.57. The topological polar surface area (TPSA) is 9.23 Å². The van der Waals surface area contributed by atoms with E-state index in [1.165, 1.54) is 0 Å². The molecule has 1 saturated heterocycles. The zero-order valence-corrected chi connectivity index (χ0v) is 9.97. The molecule has 0 bridgehead atoms. The fourth-order valence-corrected chi connectivity index (χ4v) is 2.70. The Bertz CT molecular complexity index is 144. The van der Waals surface area contributed by atoms with Gasteiger partial charge in [0, 0.05) is 0 Å². The van der Waals surface area contributed by atoms with Crippen LogP contribution in [0.5, 0.6) is 0 Å². The summed E-state index contributed by atoms with van der Waals surface area (Å²) in [6, 6.07) is 0. The number of halogens is 1. The molecule has 1 aliphatic heterocycles. The molecule has 4 unspecified atom stereocenters. The molecule has 1 aliphatic rings. The van der Waals surface area contributed by atoms with Crippen LogP contribution in [0.3, 0.4) is 0 Å². The third kappa shape index (κ3) is 1.85. The first-order chi connectivity index (χ1) is 5.57. The van der Waals surface area contributed by atoms with Gasteiger partial charge in [-0.1, -0.05) is 43.6 Å². The Morgan fingerprint density at radius 3 is 2.17 bits per heavy atom. The van der Waals surface area contributed by atoms with Gasteiger partial charge in [-0.05, 0) is 24.2 Å². The molecule has 2 heteroatoms. The van der Waals surface area contributed by atoms with Crippen LogP contribution in [0.25, 0.3) is 0 Å². The highest BCUT2D eigenvalue weighted by molar-refractivity contribution is 9.09. The lowest BCUT2D eigenvalue weighted by atomic mass is 9.79. The first-order valence-corrected chi connectivity index (χ1v) is 5.79. The summed E-state index contributed by atoms with van der Waals surface area (Å²) in [5.74, 6) is 2.08. The third-order valence-corrected chi connectivity index (χ3v) is 4.42. The predicted molar refractivity (Wildman–Crippen MR) is 55.4 cm³/mol. The minimum Gasteiger partial charge on any atom is -0.363 e. The van der Waals surface area contributed by atoms with Crippen LogP contribution >= 0.6 is 15.9 Å². The maximum atomic E-state index is 5.85. The van der Waals surface area contributed by atoms with Crippen molar-refractivity contribution in [1.82, 2.24) is 0 Å². The standard InChI is InChI=1S/C10H19BrO/c1-5-9-7(3)6(2)8(4)10(11)12-9/h6-10H,5H2,1-4H3/t6?,7?,8?,9?,10-/m0/s1. The van der Waals surface area contributed by atoms with Gasteiger partial charge in [-0.3, -0.25) is 0 Å². The minimum absolute atomic E-state index is 0.258. The van der Waals surface area contributed by atoms with Crippen LogP contribution in [0, 0.1) is 17.8 Å². The van der Waals surface area contributed by atoms with E-state index in [1.807, 2.05) is 0 Å². The van der Waals surface area contributed by atoms with Crippen LogP contribution in [0.2, 0.25) is 0 Å². The maximum absolute atomic E-state index is 5.85. The quantitative estimate of drug-likeness (QED) is 0.633. The van der Waals surface area contributed by atoms with Crippen molar-refractivity contribution in [2.45, 2.75) is 45.2 Å². The number of hydrogen-bond acceptors (Lipinski definition) is 1. The Morgan fingerprint density at radius 1 is 1.08 bits per heavy atom. The van der Waals surface area contributed by atoms with Crippen molar-refractivity contribution in [3.05, 3.63) is 0 Å². The largest absolute Gasteiger partial charge is 0.363 e. The van der Waals surface area contributed by atoms with E-state index in [9.17, 15) is 0 Å². The van der Waals surface area contributed by atoms with Crippen molar-refractivity contribution in [3.63, 3.8) is 0 Å². The van der Waals surface area contributed by atoms with Crippen molar-refractivity contribution in [2.24, 2.45) is 17.8 Å². The molecule has 0 saturated carbocycles. The molecule has 0 aromatic carbocycles. The summed E-state index contributed by atoms with van der Waals surface area (Å²) in [6.45, 7) is 9.08. The van der Waals surface area contributed by atoms with Gasteiger partial charge < -0.3 is 4.74 Å². The summed E-state index contributed by atoms with van der Waals surface area (Å²) in [5, 5.41) is 0.258. The number of hydrogen-bond donors (Lipinski definition) is 0. The van der Waals surface area contributed by atoms with Gasteiger partial charge in [0.2, 0.25) is 0 Å². The Morgan fingerprint density at radius 2 is 1.67 bits per heavy atom. The van der Waals surface area contributed by atoms with Gasteiger partial charge in [-0.2, -0.15) is 0 Å². The van der Waals surface area contributed by atoms with Gasteiger partial charge in [-0.25, -0.2) is 0 Å². The van der Waals surface area contributed by atoms with Crippen LogP contribution in [-0.4, -0.2) is 11.1 Å². The smallest absolute Gasteiger partial charge is 0.115 e.